The van der Waals surface area contributed by atoms with Crippen LogP contribution in [0.1, 0.15) is 44.1 Å². The summed E-state index contributed by atoms with van der Waals surface area (Å²) >= 11 is 1.76. The number of nitrogens with one attached hydrogen (secondary N) is 3. The second-order valence-corrected chi connectivity index (χ2v) is 19.4. The summed E-state index contributed by atoms with van der Waals surface area (Å²) in [7, 11) is 2.09. The van der Waals surface area contributed by atoms with Crippen molar-refractivity contribution in [2.45, 2.75) is 69.1 Å². The van der Waals surface area contributed by atoms with Crippen molar-refractivity contribution in [1.82, 2.24) is 64.8 Å². The van der Waals surface area contributed by atoms with E-state index in [9.17, 15) is 28.8 Å². The number of para-hydroxylation sites is 2. The molecule has 5 aromatic heterocycles. The lowest BCUT2D eigenvalue weighted by Gasteiger charge is -2.25. The molecule has 0 unspecified atom stereocenters. The number of anilines is 3. The topological polar surface area (TPSA) is 343 Å². The lowest BCUT2D eigenvalue weighted by atomic mass is 10.1. The molecule has 2 aromatic carbocycles. The van der Waals surface area contributed by atoms with E-state index in [1.165, 1.54) is 54.8 Å². The van der Waals surface area contributed by atoms with Crippen LogP contribution in [-0.2, 0) is 48.4 Å². The van der Waals surface area contributed by atoms with Crippen LogP contribution in [0, 0.1) is 0 Å². The summed E-state index contributed by atoms with van der Waals surface area (Å²) in [6, 6.07) is 17.8. The molecule has 402 valence electrons. The summed E-state index contributed by atoms with van der Waals surface area (Å²) in [5, 5.41) is 10.6. The van der Waals surface area contributed by atoms with Crippen LogP contribution in [0.5, 0.6) is 0 Å². The molecule has 0 fully saturated rings. The Balaban J connectivity index is 0.786. The summed E-state index contributed by atoms with van der Waals surface area (Å²) in [5.41, 5.74) is 28.0. The van der Waals surface area contributed by atoms with Gasteiger partial charge in [0.05, 0.1) is 41.8 Å². The van der Waals surface area contributed by atoms with Crippen molar-refractivity contribution < 1.29 is 33.3 Å². The van der Waals surface area contributed by atoms with Crippen LogP contribution in [0.2, 0.25) is 0 Å². The largest absolute Gasteiger partial charge is 0.382 e. The number of imidazole rings is 2. The minimum Gasteiger partial charge on any atom is -0.382 e. The zero-order valence-corrected chi connectivity index (χ0v) is 43.4. The Bertz CT molecular complexity index is 3330. The van der Waals surface area contributed by atoms with E-state index in [1.54, 1.807) is 11.8 Å². The zero-order valence-electron chi connectivity index (χ0n) is 42.6. The first-order valence-corrected chi connectivity index (χ1v) is 25.9. The Hall–Kier alpha value is -8.78. The number of nitrogens with zero attached hydrogens (tertiary/aromatic N) is 12. The molecular formula is C51H62N19O6S+. The molecule has 1 aliphatic rings. The molecule has 11 N–H and O–H groups in total. The second-order valence-electron chi connectivity index (χ2n) is 18.3. The number of unbranched alkanes of at least 4 members (excludes halogenated alkanes) is 2. The van der Waals surface area contributed by atoms with Crippen molar-refractivity contribution in [1.29, 1.82) is 0 Å². The number of nitrogen functional groups attached to an aromatic ring is 2. The van der Waals surface area contributed by atoms with Gasteiger partial charge >= 0.3 is 0 Å². The van der Waals surface area contributed by atoms with Gasteiger partial charge in [-0.25, -0.2) is 29.9 Å². The van der Waals surface area contributed by atoms with Crippen LogP contribution >= 0.6 is 11.8 Å². The predicted octanol–water partition coefficient (Wildman–Crippen LogP) is 0.671. The van der Waals surface area contributed by atoms with E-state index in [-0.39, 0.29) is 80.9 Å². The Morgan fingerprint density at radius 2 is 1.36 bits per heavy atom. The van der Waals surface area contributed by atoms with Crippen molar-refractivity contribution in [2.75, 3.05) is 69.2 Å². The van der Waals surface area contributed by atoms with Gasteiger partial charge in [-0.15, -0.1) is 0 Å². The maximum Gasteiger partial charge on any atom is 0.243 e. The average molecular weight is 1070 g/mol. The lowest BCUT2D eigenvalue weighted by Crippen LogP contribution is -2.51. The Labute approximate surface area is 446 Å². The van der Waals surface area contributed by atoms with Crippen LogP contribution in [-0.4, -0.2) is 143 Å². The number of hydrogen-bond acceptors (Lipinski definition) is 17. The molecule has 1 aliphatic heterocycles. The maximum atomic E-state index is 13.9. The summed E-state index contributed by atoms with van der Waals surface area (Å²) in [6.07, 6.45) is 12.6. The third-order valence-electron chi connectivity index (χ3n) is 12.9. The number of aryl methyl sites for hydroxylation is 1. The van der Waals surface area contributed by atoms with Gasteiger partial charge in [0.2, 0.25) is 41.0 Å². The zero-order chi connectivity index (χ0) is 54.4. The van der Waals surface area contributed by atoms with Crippen molar-refractivity contribution in [3.8, 4) is 0 Å². The summed E-state index contributed by atoms with van der Waals surface area (Å²) in [5.74, 6) is -2.81. The first-order chi connectivity index (χ1) is 37.3. The normalized spacial score (nSPS) is 13.0. The highest BCUT2D eigenvalue weighted by molar-refractivity contribution is 8.03. The predicted molar refractivity (Wildman–Crippen MR) is 289 cm³/mol. The molecule has 26 heteroatoms. The highest BCUT2D eigenvalue weighted by Crippen LogP contribution is 2.45. The average Bonchev–Trinajstić information content (AvgIpc) is 4.14. The summed E-state index contributed by atoms with van der Waals surface area (Å²) in [4.78, 5) is 110. The van der Waals surface area contributed by atoms with Gasteiger partial charge in [-0.1, -0.05) is 36.0 Å². The van der Waals surface area contributed by atoms with Crippen molar-refractivity contribution in [3.05, 3.63) is 96.7 Å². The molecule has 1 atom stereocenters. The third-order valence-corrected chi connectivity index (χ3v) is 14.1. The van der Waals surface area contributed by atoms with E-state index in [0.29, 0.717) is 43.4 Å². The first-order valence-electron chi connectivity index (χ1n) is 25.1. The van der Waals surface area contributed by atoms with E-state index >= 15 is 0 Å². The smallest absolute Gasteiger partial charge is 0.243 e. The number of hydrogen-bond donors (Lipinski definition) is 7. The van der Waals surface area contributed by atoms with Gasteiger partial charge in [-0.2, -0.15) is 4.57 Å². The number of pyridine rings is 1. The number of benzene rings is 2. The number of carbonyl (C=O) groups is 6. The second kappa shape index (κ2) is 25.6. The van der Waals surface area contributed by atoms with Crippen LogP contribution in [0.4, 0.5) is 17.3 Å². The quantitative estimate of drug-likeness (QED) is 0.0289. The number of rotatable bonds is 26. The highest BCUT2D eigenvalue weighted by Gasteiger charge is 2.26. The van der Waals surface area contributed by atoms with Gasteiger partial charge < -0.3 is 62.7 Å². The van der Waals surface area contributed by atoms with Gasteiger partial charge in [-0.3, -0.25) is 28.8 Å². The highest BCUT2D eigenvalue weighted by atomic mass is 32.2. The molecule has 0 spiro atoms. The van der Waals surface area contributed by atoms with Crippen molar-refractivity contribution in [2.24, 2.45) is 11.5 Å². The number of carbonyl (C=O) groups excluding carboxylic acids is 6. The van der Waals surface area contributed by atoms with Gasteiger partial charge in [0.25, 0.3) is 0 Å². The van der Waals surface area contributed by atoms with Gasteiger partial charge in [-0.05, 0) is 55.5 Å². The SMILES string of the molecule is CN1C(=Cc2cc[n+](CCCCC(=O)NCCCC[C@H](NC(=O)CN(CCNC(=O)CN(CCN)C(=O)Cn3cnc4c(N)ncnc43)C(=O)Cn3cnc4c(N)ncnc43)C(N)=O)c3ccccc23)Sc2ccccc21. The number of nitrogens with two attached hydrogens (primary N) is 4. The van der Waals surface area contributed by atoms with E-state index in [2.05, 4.69) is 117 Å². The Morgan fingerprint density at radius 1 is 0.727 bits per heavy atom. The first kappa shape index (κ1) is 54.5. The number of fused-ring (bicyclic) bond motifs is 4. The molecular weight excluding hydrogens is 1010 g/mol. The Morgan fingerprint density at radius 3 is 2.04 bits per heavy atom. The van der Waals surface area contributed by atoms with Gasteiger partial charge in [0.15, 0.2) is 29.1 Å². The lowest BCUT2D eigenvalue weighted by molar-refractivity contribution is -0.671. The number of primary amides is 1. The van der Waals surface area contributed by atoms with Gasteiger partial charge in [0, 0.05) is 69.6 Å². The van der Waals surface area contributed by atoms with Gasteiger partial charge in [0.1, 0.15) is 49.4 Å². The van der Waals surface area contributed by atoms with E-state index in [4.69, 9.17) is 22.9 Å². The fourth-order valence-electron chi connectivity index (χ4n) is 8.88. The maximum absolute atomic E-state index is 13.9. The van der Waals surface area contributed by atoms with Crippen LogP contribution in [0.25, 0.3) is 39.3 Å². The molecule has 0 radical (unpaired) electrons. The molecule has 0 aliphatic carbocycles. The minimum atomic E-state index is -1.07. The minimum absolute atomic E-state index is 0.0616. The monoisotopic (exact) mass is 1070 g/mol. The fraction of sp³-hybridized carbons (Fsp3) is 0.353. The third kappa shape index (κ3) is 13.7. The molecule has 0 saturated heterocycles. The van der Waals surface area contributed by atoms with Crippen molar-refractivity contribution in [3.63, 3.8) is 0 Å². The standard InChI is InChI=1S/C51H61N19O6S/c1-65-37-13-4-5-14-38(37)77-44(65)24-33-16-21-66(36-12-3-2-10-34(33)36)20-9-7-15-39(71)56-18-8-6-11-35(49(55)76)64-41(73)26-68(43(75)28-70-32-63-46-48(54)59-30-61-51(46)70)23-19-57-40(72)25-67(22-17-52)42(74)27-69-31-62-45-47(53)58-29-60-50(45)69/h2-5,10,12-14,16,21,24,29-32,35H,6-9,11,15,17-20,22-23,25-28,52H2,1H3,(H8-,53,54,55,56,57,58,59,60,61,64,71,72,73,76)/p+1/t35-/m0/s1. The fourth-order valence-corrected chi connectivity index (χ4v) is 9.99. The van der Waals surface area contributed by atoms with Crippen molar-refractivity contribution >= 4 is 104 Å². The van der Waals surface area contributed by atoms with Crippen LogP contribution in [0.3, 0.4) is 0 Å². The number of thioether (sulfide) groups is 1. The molecule has 0 bridgehead atoms. The summed E-state index contributed by atoms with van der Waals surface area (Å²) < 4.78 is 5.15. The molecule has 6 amide bonds. The van der Waals surface area contributed by atoms with E-state index in [1.807, 2.05) is 12.1 Å². The molecule has 0 saturated carbocycles. The number of amides is 6. The van der Waals surface area contributed by atoms with E-state index in [0.717, 1.165) is 34.5 Å². The Kier molecular flexibility index (Phi) is 18.1. The van der Waals surface area contributed by atoms with E-state index < -0.39 is 42.1 Å². The molecule has 25 nitrogen and oxygen atoms in total. The molecule has 77 heavy (non-hydrogen) atoms. The molecule has 7 aromatic rings. The molecule has 8 rings (SSSR count). The molecule has 6 heterocycles. The number of aromatic nitrogens is 9. The van der Waals surface area contributed by atoms with Crippen LogP contribution in [0.15, 0.2) is 96.0 Å². The van der Waals surface area contributed by atoms with Crippen LogP contribution < -0.4 is 48.4 Å². The summed E-state index contributed by atoms with van der Waals surface area (Å²) in [6.45, 7) is -0.400.